The molecule has 2 rings (SSSR count). The monoisotopic (exact) mass is 335 g/mol. The maximum absolute atomic E-state index is 12.0. The number of halogens is 1. The van der Waals surface area contributed by atoms with Crippen LogP contribution in [-0.2, 0) is 10.0 Å². The number of hydrogen-bond donors (Lipinski definition) is 1. The molecule has 0 amide bonds. The Kier molecular flexibility index (Phi) is 5.00. The number of nitrogens with one attached hydrogen (secondary N) is 1. The van der Waals surface area contributed by atoms with E-state index in [1.807, 2.05) is 12.1 Å². The minimum atomic E-state index is -3.32. The maximum Gasteiger partial charge on any atom is 0.229 e. The summed E-state index contributed by atoms with van der Waals surface area (Å²) in [5.41, 5.74) is 1.76. The Balaban J connectivity index is 2.08. The molecule has 0 bridgehead atoms. The minimum Gasteiger partial charge on any atom is -0.289 e. The lowest BCUT2D eigenvalue weighted by Crippen LogP contribution is -2.09. The van der Waals surface area contributed by atoms with Gasteiger partial charge in [-0.1, -0.05) is 29.8 Å². The molecule has 0 fully saturated rings. The summed E-state index contributed by atoms with van der Waals surface area (Å²) in [6, 6.07) is 13.4. The lowest BCUT2D eigenvalue weighted by Gasteiger charge is -2.03. The third-order valence-corrected chi connectivity index (χ3v) is 3.63. The standard InChI is InChI=1S/C16H14ClNO3S/c1-22(20,21)18-15-9-5-13(6-10-15)16(19)11-4-12-2-7-14(17)8-3-12/h2-11,18H,1H3/b11-4-. The lowest BCUT2D eigenvalue weighted by molar-refractivity contribution is 0.104. The molecule has 0 aliphatic carbocycles. The molecule has 0 atom stereocenters. The first-order valence-electron chi connectivity index (χ1n) is 6.39. The Labute approximate surface area is 134 Å². The molecule has 0 aliphatic heterocycles. The normalized spacial score (nSPS) is 11.5. The number of carbonyl (C=O) groups excluding carboxylic acids is 1. The fourth-order valence-electron chi connectivity index (χ4n) is 1.76. The molecular weight excluding hydrogens is 322 g/mol. The van der Waals surface area contributed by atoms with Gasteiger partial charge < -0.3 is 0 Å². The fourth-order valence-corrected chi connectivity index (χ4v) is 2.45. The summed E-state index contributed by atoms with van der Waals surface area (Å²) < 4.78 is 24.5. The SMILES string of the molecule is CS(=O)(=O)Nc1ccc(C(=O)/C=C\c2ccc(Cl)cc2)cc1. The molecule has 2 aromatic carbocycles. The second-order valence-electron chi connectivity index (χ2n) is 4.70. The van der Waals surface area contributed by atoms with Gasteiger partial charge in [-0.05, 0) is 48.0 Å². The molecule has 0 radical (unpaired) electrons. The summed E-state index contributed by atoms with van der Waals surface area (Å²) in [4.78, 5) is 12.0. The smallest absolute Gasteiger partial charge is 0.229 e. The molecule has 0 aliphatic rings. The van der Waals surface area contributed by atoms with Gasteiger partial charge in [-0.15, -0.1) is 0 Å². The second-order valence-corrected chi connectivity index (χ2v) is 6.89. The van der Waals surface area contributed by atoms with Crippen LogP contribution in [0.1, 0.15) is 15.9 Å². The third-order valence-electron chi connectivity index (χ3n) is 2.77. The Morgan fingerprint density at radius 2 is 1.64 bits per heavy atom. The molecule has 0 aromatic heterocycles. The van der Waals surface area contributed by atoms with Crippen molar-refractivity contribution in [2.45, 2.75) is 0 Å². The number of sulfonamides is 1. The van der Waals surface area contributed by atoms with E-state index in [2.05, 4.69) is 4.72 Å². The average molecular weight is 336 g/mol. The summed E-state index contributed by atoms with van der Waals surface area (Å²) >= 11 is 5.79. The van der Waals surface area contributed by atoms with Gasteiger partial charge in [0, 0.05) is 16.3 Å². The highest BCUT2D eigenvalue weighted by atomic mass is 35.5. The molecule has 1 N–H and O–H groups in total. The van der Waals surface area contributed by atoms with Crippen LogP contribution in [0.15, 0.2) is 54.6 Å². The topological polar surface area (TPSA) is 63.2 Å². The van der Waals surface area contributed by atoms with Gasteiger partial charge >= 0.3 is 0 Å². The largest absolute Gasteiger partial charge is 0.289 e. The highest BCUT2D eigenvalue weighted by Gasteiger charge is 2.04. The van der Waals surface area contributed by atoms with Crippen LogP contribution in [0, 0.1) is 0 Å². The maximum atomic E-state index is 12.0. The van der Waals surface area contributed by atoms with Crippen molar-refractivity contribution < 1.29 is 13.2 Å². The molecular formula is C16H14ClNO3S. The summed E-state index contributed by atoms with van der Waals surface area (Å²) in [6.45, 7) is 0. The first kappa shape index (κ1) is 16.3. The van der Waals surface area contributed by atoms with Gasteiger partial charge in [0.05, 0.1) is 6.26 Å². The van der Waals surface area contributed by atoms with Gasteiger partial charge in [-0.25, -0.2) is 8.42 Å². The van der Waals surface area contributed by atoms with Crippen molar-refractivity contribution >= 4 is 39.2 Å². The van der Waals surface area contributed by atoms with Crippen molar-refractivity contribution in [1.82, 2.24) is 0 Å². The van der Waals surface area contributed by atoms with Crippen LogP contribution in [-0.4, -0.2) is 20.5 Å². The zero-order chi connectivity index (χ0) is 16.2. The predicted molar refractivity (Wildman–Crippen MR) is 89.7 cm³/mol. The highest BCUT2D eigenvalue weighted by Crippen LogP contribution is 2.13. The van der Waals surface area contributed by atoms with Gasteiger partial charge in [0.15, 0.2) is 5.78 Å². The summed E-state index contributed by atoms with van der Waals surface area (Å²) in [5, 5.41) is 0.637. The van der Waals surface area contributed by atoms with E-state index in [1.54, 1.807) is 42.5 Å². The van der Waals surface area contributed by atoms with Crippen LogP contribution >= 0.6 is 11.6 Å². The molecule has 6 heteroatoms. The van der Waals surface area contributed by atoms with Crippen molar-refractivity contribution in [3.63, 3.8) is 0 Å². The highest BCUT2D eigenvalue weighted by molar-refractivity contribution is 7.92. The summed E-state index contributed by atoms with van der Waals surface area (Å²) in [7, 11) is -3.32. The average Bonchev–Trinajstić information content (AvgIpc) is 2.45. The number of rotatable bonds is 5. The number of carbonyl (C=O) groups is 1. The molecule has 0 spiro atoms. The Morgan fingerprint density at radius 3 is 2.18 bits per heavy atom. The van der Waals surface area contributed by atoms with E-state index < -0.39 is 10.0 Å². The molecule has 114 valence electrons. The van der Waals surface area contributed by atoms with Gasteiger partial charge in [0.25, 0.3) is 0 Å². The van der Waals surface area contributed by atoms with Gasteiger partial charge in [-0.3, -0.25) is 9.52 Å². The lowest BCUT2D eigenvalue weighted by atomic mass is 10.1. The van der Waals surface area contributed by atoms with Crippen LogP contribution in [0.3, 0.4) is 0 Å². The Bertz CT molecular complexity index is 794. The van der Waals surface area contributed by atoms with Crippen molar-refractivity contribution in [3.05, 3.63) is 70.8 Å². The van der Waals surface area contributed by atoms with Crippen LogP contribution < -0.4 is 4.72 Å². The number of allylic oxidation sites excluding steroid dienone is 1. The van der Waals surface area contributed by atoms with Gasteiger partial charge in [0.2, 0.25) is 10.0 Å². The van der Waals surface area contributed by atoms with Crippen molar-refractivity contribution in [2.24, 2.45) is 0 Å². The van der Waals surface area contributed by atoms with Crippen molar-refractivity contribution in [3.8, 4) is 0 Å². The van der Waals surface area contributed by atoms with E-state index in [0.717, 1.165) is 11.8 Å². The van der Waals surface area contributed by atoms with E-state index in [9.17, 15) is 13.2 Å². The van der Waals surface area contributed by atoms with E-state index in [-0.39, 0.29) is 5.78 Å². The molecule has 0 unspecified atom stereocenters. The van der Waals surface area contributed by atoms with E-state index in [0.29, 0.717) is 16.3 Å². The minimum absolute atomic E-state index is 0.166. The summed E-state index contributed by atoms with van der Waals surface area (Å²) in [6.07, 6.45) is 4.23. The molecule has 0 heterocycles. The zero-order valence-corrected chi connectivity index (χ0v) is 13.4. The fraction of sp³-hybridized carbons (Fsp3) is 0.0625. The quantitative estimate of drug-likeness (QED) is 0.670. The summed E-state index contributed by atoms with van der Waals surface area (Å²) in [5.74, 6) is -0.166. The van der Waals surface area contributed by atoms with Crippen LogP contribution in [0.2, 0.25) is 5.02 Å². The first-order valence-corrected chi connectivity index (χ1v) is 8.66. The van der Waals surface area contributed by atoms with Crippen LogP contribution in [0.5, 0.6) is 0 Å². The van der Waals surface area contributed by atoms with Crippen molar-refractivity contribution in [1.29, 1.82) is 0 Å². The van der Waals surface area contributed by atoms with E-state index in [4.69, 9.17) is 11.6 Å². The van der Waals surface area contributed by atoms with Gasteiger partial charge in [0.1, 0.15) is 0 Å². The van der Waals surface area contributed by atoms with Crippen LogP contribution in [0.25, 0.3) is 6.08 Å². The molecule has 22 heavy (non-hydrogen) atoms. The second kappa shape index (κ2) is 6.77. The number of hydrogen-bond acceptors (Lipinski definition) is 3. The Morgan fingerprint density at radius 1 is 1.05 bits per heavy atom. The van der Waals surface area contributed by atoms with E-state index in [1.165, 1.54) is 6.08 Å². The molecule has 0 saturated carbocycles. The van der Waals surface area contributed by atoms with E-state index >= 15 is 0 Å². The van der Waals surface area contributed by atoms with Crippen molar-refractivity contribution in [2.75, 3.05) is 11.0 Å². The first-order chi connectivity index (χ1) is 10.3. The number of benzene rings is 2. The molecule has 4 nitrogen and oxygen atoms in total. The zero-order valence-electron chi connectivity index (χ0n) is 11.8. The number of ketones is 1. The molecule has 2 aromatic rings. The van der Waals surface area contributed by atoms with Gasteiger partial charge in [-0.2, -0.15) is 0 Å². The number of anilines is 1. The Hall–Kier alpha value is -2.11. The third kappa shape index (κ3) is 5.02. The predicted octanol–water partition coefficient (Wildman–Crippen LogP) is 3.61. The molecule has 0 saturated heterocycles. The van der Waals surface area contributed by atoms with Crippen LogP contribution in [0.4, 0.5) is 5.69 Å².